The minimum Gasteiger partial charge on any atom is -0.331 e. The minimum absolute atomic E-state index is 0.117. The lowest BCUT2D eigenvalue weighted by Gasteiger charge is -2.10. The first-order valence-corrected chi connectivity index (χ1v) is 6.35. The summed E-state index contributed by atoms with van der Waals surface area (Å²) in [6.07, 6.45) is 3.51. The second-order valence-electron chi connectivity index (χ2n) is 3.92. The fourth-order valence-electron chi connectivity index (χ4n) is 1.35. The van der Waals surface area contributed by atoms with Gasteiger partial charge in [-0.3, -0.25) is 4.98 Å². The highest BCUT2D eigenvalue weighted by Gasteiger charge is 2.07. The van der Waals surface area contributed by atoms with Crippen molar-refractivity contribution in [3.05, 3.63) is 34.9 Å². The van der Waals surface area contributed by atoms with Crippen molar-refractivity contribution in [3.63, 3.8) is 0 Å². The van der Waals surface area contributed by atoms with Crippen LogP contribution in [0.25, 0.3) is 11.3 Å². The summed E-state index contributed by atoms with van der Waals surface area (Å²) in [5, 5.41) is 5.63. The summed E-state index contributed by atoms with van der Waals surface area (Å²) in [6.45, 7) is 0.446. The van der Waals surface area contributed by atoms with E-state index in [9.17, 15) is 4.79 Å². The number of pyridine rings is 1. The second-order valence-corrected chi connectivity index (χ2v) is 4.86. The van der Waals surface area contributed by atoms with Crippen LogP contribution in [0.2, 0.25) is 0 Å². The first-order chi connectivity index (χ1) is 8.66. The molecule has 0 bridgehead atoms. The Morgan fingerprint density at radius 2 is 2.33 bits per heavy atom. The highest BCUT2D eigenvalue weighted by molar-refractivity contribution is 7.09. The van der Waals surface area contributed by atoms with Crippen LogP contribution in [0.1, 0.15) is 5.01 Å². The quantitative estimate of drug-likeness (QED) is 0.920. The predicted molar refractivity (Wildman–Crippen MR) is 71.3 cm³/mol. The van der Waals surface area contributed by atoms with E-state index in [1.807, 2.05) is 17.5 Å². The Morgan fingerprint density at radius 1 is 1.50 bits per heavy atom. The zero-order valence-corrected chi connectivity index (χ0v) is 11.1. The van der Waals surface area contributed by atoms with E-state index < -0.39 is 0 Å². The maximum absolute atomic E-state index is 11.4. The molecule has 2 aromatic rings. The van der Waals surface area contributed by atoms with E-state index in [0.29, 0.717) is 6.54 Å². The number of amides is 2. The molecule has 2 heterocycles. The summed E-state index contributed by atoms with van der Waals surface area (Å²) < 4.78 is 0. The Hall–Kier alpha value is -1.95. The molecule has 18 heavy (non-hydrogen) atoms. The van der Waals surface area contributed by atoms with E-state index in [1.54, 1.807) is 26.5 Å². The van der Waals surface area contributed by atoms with Crippen LogP contribution >= 0.6 is 11.3 Å². The number of carbonyl (C=O) groups is 1. The molecule has 2 aromatic heterocycles. The first kappa shape index (κ1) is 12.5. The summed E-state index contributed by atoms with van der Waals surface area (Å²) in [5.74, 6) is 0. The van der Waals surface area contributed by atoms with E-state index in [0.717, 1.165) is 16.3 Å². The largest absolute Gasteiger partial charge is 0.331 e. The molecule has 0 aromatic carbocycles. The average Bonchev–Trinajstić information content (AvgIpc) is 2.85. The van der Waals surface area contributed by atoms with Crippen LogP contribution in [0.5, 0.6) is 0 Å². The number of nitrogens with one attached hydrogen (secondary N) is 1. The lowest BCUT2D eigenvalue weighted by molar-refractivity contribution is 0.217. The van der Waals surface area contributed by atoms with Crippen molar-refractivity contribution in [2.24, 2.45) is 0 Å². The van der Waals surface area contributed by atoms with Gasteiger partial charge >= 0.3 is 6.03 Å². The summed E-state index contributed by atoms with van der Waals surface area (Å²) in [6, 6.07) is 3.72. The molecule has 5 nitrogen and oxygen atoms in total. The Morgan fingerprint density at radius 3 is 3.00 bits per heavy atom. The zero-order chi connectivity index (χ0) is 13.0. The first-order valence-electron chi connectivity index (χ1n) is 5.47. The summed E-state index contributed by atoms with van der Waals surface area (Å²) >= 11 is 1.53. The van der Waals surface area contributed by atoms with Crippen LogP contribution in [-0.2, 0) is 6.54 Å². The molecule has 2 rings (SSSR count). The summed E-state index contributed by atoms with van der Waals surface area (Å²) in [5.41, 5.74) is 1.88. The third-order valence-electron chi connectivity index (χ3n) is 2.31. The fourth-order valence-corrected chi connectivity index (χ4v) is 2.09. The van der Waals surface area contributed by atoms with Gasteiger partial charge in [0, 0.05) is 37.4 Å². The number of aromatic nitrogens is 2. The van der Waals surface area contributed by atoms with Crippen molar-refractivity contribution >= 4 is 17.4 Å². The van der Waals surface area contributed by atoms with Gasteiger partial charge in [-0.15, -0.1) is 11.3 Å². The number of urea groups is 1. The lowest BCUT2D eigenvalue weighted by Crippen LogP contribution is -2.33. The molecule has 0 aliphatic carbocycles. The fraction of sp³-hybridized carbons (Fsp3) is 0.250. The van der Waals surface area contributed by atoms with E-state index in [4.69, 9.17) is 0 Å². The van der Waals surface area contributed by atoms with E-state index in [2.05, 4.69) is 15.3 Å². The number of nitrogens with zero attached hydrogens (tertiary/aromatic N) is 3. The van der Waals surface area contributed by atoms with Gasteiger partial charge in [-0.1, -0.05) is 0 Å². The molecule has 0 radical (unpaired) electrons. The molecule has 0 saturated heterocycles. The van der Waals surface area contributed by atoms with Crippen LogP contribution < -0.4 is 5.32 Å². The number of hydrogen-bond donors (Lipinski definition) is 1. The van der Waals surface area contributed by atoms with Crippen molar-refractivity contribution < 1.29 is 4.79 Å². The van der Waals surface area contributed by atoms with Gasteiger partial charge in [0.1, 0.15) is 5.01 Å². The molecule has 0 aliphatic heterocycles. The number of hydrogen-bond acceptors (Lipinski definition) is 4. The normalized spacial score (nSPS) is 10.1. The van der Waals surface area contributed by atoms with Gasteiger partial charge in [0.05, 0.1) is 12.2 Å². The van der Waals surface area contributed by atoms with E-state index in [-0.39, 0.29) is 6.03 Å². The number of thiazole rings is 1. The Bertz CT molecular complexity index is 524. The zero-order valence-electron chi connectivity index (χ0n) is 10.3. The van der Waals surface area contributed by atoms with Crippen LogP contribution in [0, 0.1) is 0 Å². The molecule has 0 spiro atoms. The second kappa shape index (κ2) is 5.59. The molecule has 2 amide bonds. The topological polar surface area (TPSA) is 58.1 Å². The molecule has 0 atom stereocenters. The molecule has 0 saturated carbocycles. The number of carbonyl (C=O) groups excluding carboxylic acids is 1. The van der Waals surface area contributed by atoms with Crippen molar-refractivity contribution in [1.82, 2.24) is 20.2 Å². The van der Waals surface area contributed by atoms with Crippen molar-refractivity contribution in [1.29, 1.82) is 0 Å². The van der Waals surface area contributed by atoms with Gasteiger partial charge < -0.3 is 10.2 Å². The summed E-state index contributed by atoms with van der Waals surface area (Å²) in [4.78, 5) is 21.4. The van der Waals surface area contributed by atoms with Crippen LogP contribution in [-0.4, -0.2) is 35.0 Å². The van der Waals surface area contributed by atoms with Gasteiger partial charge in [-0.25, -0.2) is 9.78 Å². The minimum atomic E-state index is -0.117. The average molecular weight is 262 g/mol. The van der Waals surface area contributed by atoms with Crippen LogP contribution in [0.4, 0.5) is 4.79 Å². The SMILES string of the molecule is CN(C)C(=O)NCc1nc(-c2cccnc2)cs1. The highest BCUT2D eigenvalue weighted by atomic mass is 32.1. The van der Waals surface area contributed by atoms with Crippen molar-refractivity contribution in [3.8, 4) is 11.3 Å². The van der Waals surface area contributed by atoms with Gasteiger partial charge in [-0.05, 0) is 12.1 Å². The van der Waals surface area contributed by atoms with Gasteiger partial charge in [-0.2, -0.15) is 0 Å². The smallest absolute Gasteiger partial charge is 0.317 e. The van der Waals surface area contributed by atoms with Crippen LogP contribution in [0.15, 0.2) is 29.9 Å². The summed E-state index contributed by atoms with van der Waals surface area (Å²) in [7, 11) is 3.41. The maximum Gasteiger partial charge on any atom is 0.317 e. The Balaban J connectivity index is 2.01. The monoisotopic (exact) mass is 262 g/mol. The molecular weight excluding hydrogens is 248 g/mol. The van der Waals surface area contributed by atoms with E-state index in [1.165, 1.54) is 16.2 Å². The van der Waals surface area contributed by atoms with Gasteiger partial charge in [0.2, 0.25) is 0 Å². The molecule has 0 unspecified atom stereocenters. The molecule has 6 heteroatoms. The number of rotatable bonds is 3. The van der Waals surface area contributed by atoms with E-state index >= 15 is 0 Å². The lowest BCUT2D eigenvalue weighted by atomic mass is 10.2. The highest BCUT2D eigenvalue weighted by Crippen LogP contribution is 2.20. The third kappa shape index (κ3) is 3.04. The molecular formula is C12H14N4OS. The predicted octanol–water partition coefficient (Wildman–Crippen LogP) is 1.98. The van der Waals surface area contributed by atoms with Gasteiger partial charge in [0.25, 0.3) is 0 Å². The molecule has 0 aliphatic rings. The molecule has 0 fully saturated rings. The molecule has 94 valence electrons. The van der Waals surface area contributed by atoms with Gasteiger partial charge in [0.15, 0.2) is 0 Å². The van der Waals surface area contributed by atoms with Crippen molar-refractivity contribution in [2.45, 2.75) is 6.54 Å². The standard InChI is InChI=1S/C12H14N4OS/c1-16(2)12(17)14-7-11-15-10(8-18-11)9-4-3-5-13-6-9/h3-6,8H,7H2,1-2H3,(H,14,17). The Kier molecular flexibility index (Phi) is 3.88. The Labute approximate surface area is 109 Å². The van der Waals surface area contributed by atoms with Crippen molar-refractivity contribution in [2.75, 3.05) is 14.1 Å². The molecule has 1 N–H and O–H groups in total. The maximum atomic E-state index is 11.4. The third-order valence-corrected chi connectivity index (χ3v) is 3.15. The van der Waals surface area contributed by atoms with Crippen LogP contribution in [0.3, 0.4) is 0 Å².